The number of aromatic hydroxyl groups is 5. The van der Waals surface area contributed by atoms with E-state index in [1.165, 1.54) is 0 Å². The molecule has 3 aromatic heterocycles. The van der Waals surface area contributed by atoms with Crippen LogP contribution in [0.5, 0.6) is 28.7 Å². The molecule has 8 aromatic carbocycles. The molecule has 0 saturated carbocycles. The van der Waals surface area contributed by atoms with Gasteiger partial charge >= 0.3 is 0 Å². The number of furan rings is 1. The van der Waals surface area contributed by atoms with E-state index in [0.29, 0.717) is 27.7 Å². The third-order valence-corrected chi connectivity index (χ3v) is 11.2. The lowest BCUT2D eigenvalue weighted by Crippen LogP contribution is -2.02. The van der Waals surface area contributed by atoms with Crippen molar-refractivity contribution in [2.45, 2.75) is 0 Å². The molecule has 0 fully saturated rings. The molecule has 292 valence electrons. The minimum Gasteiger partial charge on any atom is -0.504 e. The average Bonchev–Trinajstić information content (AvgIpc) is 3.88. The summed E-state index contributed by atoms with van der Waals surface area (Å²) in [5.74, 6) is -4.98. The Morgan fingerprint density at radius 1 is 0.377 bits per heavy atom. The Kier molecular flexibility index (Phi) is 8.01. The summed E-state index contributed by atoms with van der Waals surface area (Å²) >= 11 is 0. The van der Waals surface area contributed by atoms with Crippen molar-refractivity contribution in [2.24, 2.45) is 0 Å². The van der Waals surface area contributed by atoms with Crippen LogP contribution in [0.15, 0.2) is 168 Å². The van der Waals surface area contributed by atoms with Gasteiger partial charge in [-0.15, -0.1) is 0 Å². The molecule has 0 unspecified atom stereocenters. The molecule has 5 N–H and O–H groups in total. The molecule has 11 rings (SSSR count). The van der Waals surface area contributed by atoms with Gasteiger partial charge in [0, 0.05) is 43.8 Å². The first-order chi connectivity index (χ1) is 29.9. The van der Waals surface area contributed by atoms with E-state index >= 15 is 0 Å². The smallest absolute Gasteiger partial charge is 0.208 e. The van der Waals surface area contributed by atoms with Crippen molar-refractivity contribution in [3.8, 4) is 90.9 Å². The van der Waals surface area contributed by atoms with E-state index in [0.717, 1.165) is 55.1 Å². The van der Waals surface area contributed by atoms with E-state index in [1.807, 2.05) is 109 Å². The molecule has 3 heterocycles. The van der Waals surface area contributed by atoms with Gasteiger partial charge in [-0.25, -0.2) is 15.0 Å². The van der Waals surface area contributed by atoms with E-state index in [-0.39, 0.29) is 17.5 Å². The maximum atomic E-state index is 11.1. The third-order valence-electron chi connectivity index (χ3n) is 11.2. The maximum absolute atomic E-state index is 11.1. The zero-order valence-electron chi connectivity index (χ0n) is 32.0. The zero-order chi connectivity index (χ0) is 41.4. The second-order valence-corrected chi connectivity index (χ2v) is 14.7. The highest BCUT2D eigenvalue weighted by Crippen LogP contribution is 2.54. The summed E-state index contributed by atoms with van der Waals surface area (Å²) in [5.41, 5.74) is 8.52. The fraction of sp³-hybridized carbons (Fsp3) is 0. The first kappa shape index (κ1) is 35.5. The highest BCUT2D eigenvalue weighted by molar-refractivity contribution is 6.19. The first-order valence-electron chi connectivity index (χ1n) is 19.5. The Labute approximate surface area is 346 Å². The SMILES string of the molecule is Oc1c(O)c(O)c(-c2nc(-c3ccccc3)nc(-c3ccc(-n4c5ccccc5c5cccc(-c6ccccc6)c54)c4oc5c(-c6ccccc6)cccc5c34)n2)c(O)c1O. The minimum absolute atomic E-state index is 0.145. The monoisotopic (exact) mass is 796 g/mol. The highest BCUT2D eigenvalue weighted by atomic mass is 16.4. The molecule has 0 radical (unpaired) electrons. The van der Waals surface area contributed by atoms with E-state index < -0.39 is 34.3 Å². The Morgan fingerprint density at radius 2 is 0.902 bits per heavy atom. The van der Waals surface area contributed by atoms with Crippen molar-refractivity contribution >= 4 is 43.7 Å². The van der Waals surface area contributed by atoms with Crippen LogP contribution in [0.3, 0.4) is 0 Å². The van der Waals surface area contributed by atoms with Crippen molar-refractivity contribution in [1.29, 1.82) is 0 Å². The number of phenolic OH excluding ortho intramolecular Hbond substituents is 5. The second-order valence-electron chi connectivity index (χ2n) is 14.7. The predicted octanol–water partition coefficient (Wildman–Crippen LogP) is 11.7. The first-order valence-corrected chi connectivity index (χ1v) is 19.5. The van der Waals surface area contributed by atoms with Crippen LogP contribution in [0, 0.1) is 0 Å². The topological polar surface area (TPSA) is 158 Å². The molecule has 61 heavy (non-hydrogen) atoms. The quantitative estimate of drug-likeness (QED) is 0.0815. The summed E-state index contributed by atoms with van der Waals surface area (Å²) in [7, 11) is 0. The average molecular weight is 797 g/mol. The largest absolute Gasteiger partial charge is 0.504 e. The molecular formula is C51H32N4O6. The Morgan fingerprint density at radius 3 is 1.59 bits per heavy atom. The highest BCUT2D eigenvalue weighted by Gasteiger charge is 2.29. The van der Waals surface area contributed by atoms with Gasteiger partial charge in [0.15, 0.2) is 34.6 Å². The van der Waals surface area contributed by atoms with Crippen LogP contribution < -0.4 is 0 Å². The van der Waals surface area contributed by atoms with Gasteiger partial charge in [-0.1, -0.05) is 146 Å². The molecule has 0 bridgehead atoms. The standard InChI is InChI=1S/C51H32N4O6/c56-42-40(43(57)45(59)46(60)44(42)58)51-53-49(30-18-8-3-9-19-30)52-50(54-51)36-26-27-38(48-39(36)35-24-13-22-32(47(35)61-48)29-16-6-2-7-17-29)55-37-25-11-10-20-33(37)34-23-12-21-31(41(34)55)28-14-4-1-5-15-28/h1-27,56-60H. The molecule has 10 heteroatoms. The zero-order valence-corrected chi connectivity index (χ0v) is 32.0. The van der Waals surface area contributed by atoms with Gasteiger partial charge in [0.05, 0.1) is 16.7 Å². The molecule has 0 spiro atoms. The number of aromatic nitrogens is 4. The van der Waals surface area contributed by atoms with Crippen LogP contribution in [0.4, 0.5) is 0 Å². The van der Waals surface area contributed by atoms with Crippen molar-refractivity contribution in [3.63, 3.8) is 0 Å². The minimum atomic E-state index is -1.09. The number of hydrogen-bond acceptors (Lipinski definition) is 9. The van der Waals surface area contributed by atoms with Gasteiger partial charge in [0.25, 0.3) is 0 Å². The molecule has 10 nitrogen and oxygen atoms in total. The number of rotatable bonds is 6. The molecule has 11 aromatic rings. The maximum Gasteiger partial charge on any atom is 0.208 e. The Bertz CT molecular complexity index is 3500. The molecule has 0 saturated heterocycles. The lowest BCUT2D eigenvalue weighted by Gasteiger charge is -2.15. The normalized spacial score (nSPS) is 11.6. The van der Waals surface area contributed by atoms with E-state index in [1.54, 1.807) is 12.1 Å². The van der Waals surface area contributed by atoms with Crippen LogP contribution in [-0.4, -0.2) is 45.1 Å². The molecule has 0 atom stereocenters. The second kappa shape index (κ2) is 13.7. The molecule has 0 aliphatic rings. The van der Waals surface area contributed by atoms with Crippen molar-refractivity contribution in [1.82, 2.24) is 19.5 Å². The molecule has 0 aliphatic heterocycles. The fourth-order valence-corrected chi connectivity index (χ4v) is 8.44. The van der Waals surface area contributed by atoms with Gasteiger partial charge in [0.2, 0.25) is 17.2 Å². The van der Waals surface area contributed by atoms with Crippen LogP contribution in [-0.2, 0) is 0 Å². The third kappa shape index (κ3) is 5.46. The van der Waals surface area contributed by atoms with Crippen molar-refractivity contribution < 1.29 is 29.9 Å². The summed E-state index contributed by atoms with van der Waals surface area (Å²) in [6.07, 6.45) is 0. The lowest BCUT2D eigenvalue weighted by atomic mass is 9.99. The number of para-hydroxylation sites is 3. The van der Waals surface area contributed by atoms with E-state index in [4.69, 9.17) is 14.4 Å². The number of nitrogens with zero attached hydrogens (tertiary/aromatic N) is 4. The van der Waals surface area contributed by atoms with Crippen LogP contribution in [0.2, 0.25) is 0 Å². The number of hydrogen-bond donors (Lipinski definition) is 5. The van der Waals surface area contributed by atoms with Gasteiger partial charge in [-0.05, 0) is 29.3 Å². The van der Waals surface area contributed by atoms with E-state index in [9.17, 15) is 25.5 Å². The van der Waals surface area contributed by atoms with Gasteiger partial charge < -0.3 is 34.5 Å². The summed E-state index contributed by atoms with van der Waals surface area (Å²) < 4.78 is 9.39. The van der Waals surface area contributed by atoms with Gasteiger partial charge in [-0.3, -0.25) is 0 Å². The van der Waals surface area contributed by atoms with Gasteiger partial charge in [-0.2, -0.15) is 0 Å². The fourth-order valence-electron chi connectivity index (χ4n) is 8.44. The number of benzene rings is 8. The summed E-state index contributed by atoms with van der Waals surface area (Å²) in [6.45, 7) is 0. The number of phenols is 5. The Balaban J connectivity index is 1.28. The van der Waals surface area contributed by atoms with Crippen molar-refractivity contribution in [3.05, 3.63) is 164 Å². The summed E-state index contributed by atoms with van der Waals surface area (Å²) in [6, 6.07) is 54.0. The molecule has 0 aliphatic carbocycles. The van der Waals surface area contributed by atoms with Crippen LogP contribution >= 0.6 is 0 Å². The van der Waals surface area contributed by atoms with Gasteiger partial charge in [0.1, 0.15) is 11.1 Å². The van der Waals surface area contributed by atoms with E-state index in [2.05, 4.69) is 52.0 Å². The van der Waals surface area contributed by atoms with Crippen molar-refractivity contribution in [2.75, 3.05) is 0 Å². The summed E-state index contributed by atoms with van der Waals surface area (Å²) in [4.78, 5) is 14.4. The Hall–Kier alpha value is -8.63. The number of fused-ring (bicyclic) bond motifs is 6. The summed E-state index contributed by atoms with van der Waals surface area (Å²) in [5, 5.41) is 57.2. The van der Waals surface area contributed by atoms with Crippen LogP contribution in [0.1, 0.15) is 0 Å². The van der Waals surface area contributed by atoms with Crippen LogP contribution in [0.25, 0.3) is 106 Å². The lowest BCUT2D eigenvalue weighted by molar-refractivity contribution is 0.329. The molecular weight excluding hydrogens is 765 g/mol. The molecule has 0 amide bonds. The predicted molar refractivity (Wildman–Crippen MR) is 237 cm³/mol.